The lowest BCUT2D eigenvalue weighted by molar-refractivity contribution is -0.385. The molecule has 0 atom stereocenters. The Bertz CT molecular complexity index is 655. The lowest BCUT2D eigenvalue weighted by Gasteiger charge is -2.12. The number of alkyl halides is 3. The van der Waals surface area contributed by atoms with Gasteiger partial charge >= 0.3 is 6.18 Å². The average molecular weight is 318 g/mol. The summed E-state index contributed by atoms with van der Waals surface area (Å²) in [5.41, 5.74) is -4.06. The third-order valence-corrected chi connectivity index (χ3v) is 3.43. The molecule has 0 N–H and O–H groups in total. The Morgan fingerprint density at radius 3 is 2.16 bits per heavy atom. The Kier molecular flexibility index (Phi) is 3.87. The van der Waals surface area contributed by atoms with Gasteiger partial charge in [-0.25, -0.2) is 8.42 Å². The Morgan fingerprint density at radius 1 is 1.32 bits per heavy atom. The predicted octanol–water partition coefficient (Wildman–Crippen LogP) is 2.35. The first kappa shape index (κ1) is 15.4. The third-order valence-electron chi connectivity index (χ3n) is 2.04. The quantitative estimate of drug-likeness (QED) is 0.369. The van der Waals surface area contributed by atoms with Crippen LogP contribution in [0.4, 0.5) is 18.9 Å². The summed E-state index contributed by atoms with van der Waals surface area (Å²) < 4.78 is 60.1. The first-order valence-electron chi connectivity index (χ1n) is 4.28. The summed E-state index contributed by atoms with van der Waals surface area (Å²) in [7, 11) is -0.178. The van der Waals surface area contributed by atoms with E-state index >= 15 is 0 Å². The molecule has 19 heavy (non-hydrogen) atoms. The highest BCUT2D eigenvalue weighted by Gasteiger charge is 2.40. The van der Waals surface area contributed by atoms with Gasteiger partial charge in [0.1, 0.15) is 10.5 Å². The minimum Gasteiger partial charge on any atom is -0.298 e. The molecule has 1 rings (SSSR count). The van der Waals surface area contributed by atoms with Crippen molar-refractivity contribution >= 4 is 31.7 Å². The number of rotatable bonds is 3. The minimum atomic E-state index is -5.13. The molecule has 0 aliphatic rings. The molecule has 104 valence electrons. The molecule has 0 amide bonds. The van der Waals surface area contributed by atoms with Gasteiger partial charge in [0.25, 0.3) is 14.7 Å². The molecule has 0 bridgehead atoms. The highest BCUT2D eigenvalue weighted by molar-refractivity contribution is 8.13. The van der Waals surface area contributed by atoms with Crippen molar-refractivity contribution in [1.29, 1.82) is 0 Å². The van der Waals surface area contributed by atoms with Crippen LogP contribution >= 0.6 is 10.7 Å². The molecule has 1 aromatic rings. The summed E-state index contributed by atoms with van der Waals surface area (Å²) in [6.45, 7) is 0. The smallest absolute Gasteiger partial charge is 0.298 e. The van der Waals surface area contributed by atoms with Crippen molar-refractivity contribution in [3.05, 3.63) is 33.4 Å². The number of nitro groups is 1. The van der Waals surface area contributed by atoms with Crippen LogP contribution in [0, 0.1) is 10.1 Å². The van der Waals surface area contributed by atoms with Crippen molar-refractivity contribution < 1.29 is 31.3 Å². The number of hydrogen-bond acceptors (Lipinski definition) is 5. The van der Waals surface area contributed by atoms with Crippen LogP contribution in [0.3, 0.4) is 0 Å². The third kappa shape index (κ3) is 3.01. The molecule has 1 aromatic carbocycles. The Balaban J connectivity index is 3.93. The summed E-state index contributed by atoms with van der Waals surface area (Å²) >= 11 is 0. The fourth-order valence-electron chi connectivity index (χ4n) is 1.35. The molecule has 0 aromatic heterocycles. The van der Waals surface area contributed by atoms with Crippen LogP contribution in [-0.2, 0) is 15.2 Å². The molecule has 0 spiro atoms. The number of halogens is 4. The molecule has 0 heterocycles. The van der Waals surface area contributed by atoms with E-state index in [1.807, 2.05) is 0 Å². The van der Waals surface area contributed by atoms with Crippen LogP contribution in [0.25, 0.3) is 0 Å². The van der Waals surface area contributed by atoms with Crippen molar-refractivity contribution in [2.75, 3.05) is 0 Å². The van der Waals surface area contributed by atoms with Gasteiger partial charge < -0.3 is 0 Å². The van der Waals surface area contributed by atoms with E-state index in [-0.39, 0.29) is 12.4 Å². The number of hydrogen-bond donors (Lipinski definition) is 0. The molecule has 0 aliphatic carbocycles. The summed E-state index contributed by atoms with van der Waals surface area (Å²) in [6, 6.07) is 0.568. The number of nitrogens with zero attached hydrogens (tertiary/aromatic N) is 1. The van der Waals surface area contributed by atoms with Crippen molar-refractivity contribution in [3.8, 4) is 0 Å². The summed E-state index contributed by atoms with van der Waals surface area (Å²) in [6.07, 6.45) is -5.49. The van der Waals surface area contributed by atoms with Crippen molar-refractivity contribution in [3.63, 3.8) is 0 Å². The van der Waals surface area contributed by atoms with E-state index in [0.29, 0.717) is 6.07 Å². The zero-order chi connectivity index (χ0) is 15.0. The van der Waals surface area contributed by atoms with Gasteiger partial charge in [-0.3, -0.25) is 14.9 Å². The molecular weight excluding hydrogens is 315 g/mol. The molecule has 11 heteroatoms. The van der Waals surface area contributed by atoms with Gasteiger partial charge in [0.15, 0.2) is 6.29 Å². The molecule has 0 saturated heterocycles. The van der Waals surface area contributed by atoms with Crippen molar-refractivity contribution in [2.24, 2.45) is 0 Å². The number of carbonyl (C=O) groups is 1. The number of nitro benzene ring substituents is 1. The van der Waals surface area contributed by atoms with Crippen LogP contribution in [-0.4, -0.2) is 19.6 Å². The van der Waals surface area contributed by atoms with Gasteiger partial charge in [0.2, 0.25) is 0 Å². The first-order chi connectivity index (χ1) is 8.50. The lowest BCUT2D eigenvalue weighted by atomic mass is 10.1. The maximum absolute atomic E-state index is 12.6. The van der Waals surface area contributed by atoms with Crippen molar-refractivity contribution in [1.82, 2.24) is 0 Å². The average Bonchev–Trinajstić information content (AvgIpc) is 2.24. The SMILES string of the molecule is O=Cc1c([N+](=O)[O-])ccc(C(F)(F)F)c1S(=O)(=O)Cl. The van der Waals surface area contributed by atoms with E-state index in [4.69, 9.17) is 10.7 Å². The molecule has 0 saturated carbocycles. The van der Waals surface area contributed by atoms with E-state index in [1.165, 1.54) is 0 Å². The highest BCUT2D eigenvalue weighted by atomic mass is 35.7. The minimum absolute atomic E-state index is 0.181. The van der Waals surface area contributed by atoms with Gasteiger partial charge in [0.05, 0.1) is 10.5 Å². The van der Waals surface area contributed by atoms with Gasteiger partial charge in [-0.15, -0.1) is 0 Å². The summed E-state index contributed by atoms with van der Waals surface area (Å²) in [5.74, 6) is 0. The zero-order valence-electron chi connectivity index (χ0n) is 8.64. The van der Waals surface area contributed by atoms with Gasteiger partial charge in [-0.1, -0.05) is 0 Å². The van der Waals surface area contributed by atoms with E-state index in [1.54, 1.807) is 0 Å². The molecule has 0 unspecified atom stereocenters. The van der Waals surface area contributed by atoms with Gasteiger partial charge in [-0.2, -0.15) is 13.2 Å². The lowest BCUT2D eigenvalue weighted by Crippen LogP contribution is -2.14. The molecular formula is C8H3ClF3NO5S. The maximum Gasteiger partial charge on any atom is 0.417 e. The standard InChI is InChI=1S/C8H3ClF3NO5S/c9-19(17,18)7-4(3-14)6(13(15)16)2-1-5(7)8(10,11)12/h1-3H. The van der Waals surface area contributed by atoms with Crippen molar-refractivity contribution in [2.45, 2.75) is 11.1 Å². The maximum atomic E-state index is 12.6. The predicted molar refractivity (Wildman–Crippen MR) is 56.5 cm³/mol. The molecule has 0 fully saturated rings. The fourth-order valence-corrected chi connectivity index (χ4v) is 2.71. The number of carbonyl (C=O) groups excluding carboxylic acids is 1. The van der Waals surface area contributed by atoms with E-state index in [0.717, 1.165) is 0 Å². The van der Waals surface area contributed by atoms with Crippen LogP contribution in [0.1, 0.15) is 15.9 Å². The molecule has 0 radical (unpaired) electrons. The monoisotopic (exact) mass is 317 g/mol. The summed E-state index contributed by atoms with van der Waals surface area (Å²) in [5, 5.41) is 10.5. The van der Waals surface area contributed by atoms with Crippen LogP contribution < -0.4 is 0 Å². The topological polar surface area (TPSA) is 94.3 Å². The Hall–Kier alpha value is -1.68. The first-order valence-corrected chi connectivity index (χ1v) is 6.59. The van der Waals surface area contributed by atoms with Crippen LogP contribution in [0.5, 0.6) is 0 Å². The number of aldehydes is 1. The highest BCUT2D eigenvalue weighted by Crippen LogP contribution is 2.39. The van der Waals surface area contributed by atoms with Crippen LogP contribution in [0.15, 0.2) is 17.0 Å². The van der Waals surface area contributed by atoms with Gasteiger partial charge in [-0.05, 0) is 6.07 Å². The Labute approximate surface area is 108 Å². The second-order valence-electron chi connectivity index (χ2n) is 3.19. The van der Waals surface area contributed by atoms with E-state index < -0.39 is 41.9 Å². The number of benzene rings is 1. The van der Waals surface area contributed by atoms with E-state index in [2.05, 4.69) is 0 Å². The second-order valence-corrected chi connectivity index (χ2v) is 5.69. The largest absolute Gasteiger partial charge is 0.417 e. The zero-order valence-corrected chi connectivity index (χ0v) is 10.2. The molecule has 6 nitrogen and oxygen atoms in total. The van der Waals surface area contributed by atoms with Crippen LogP contribution in [0.2, 0.25) is 0 Å². The van der Waals surface area contributed by atoms with E-state index in [9.17, 15) is 36.5 Å². The second kappa shape index (κ2) is 4.78. The molecule has 0 aliphatic heterocycles. The summed E-state index contributed by atoms with van der Waals surface area (Å²) in [4.78, 5) is 18.4. The normalized spacial score (nSPS) is 12.2. The Morgan fingerprint density at radius 2 is 1.84 bits per heavy atom. The van der Waals surface area contributed by atoms with Gasteiger partial charge in [0, 0.05) is 16.7 Å². The fraction of sp³-hybridized carbons (Fsp3) is 0.125.